The predicted octanol–water partition coefficient (Wildman–Crippen LogP) is 3.14. The molecule has 0 radical (unpaired) electrons. The summed E-state index contributed by atoms with van der Waals surface area (Å²) in [4.78, 5) is 0. The lowest BCUT2D eigenvalue weighted by Crippen LogP contribution is -2.41. The summed E-state index contributed by atoms with van der Waals surface area (Å²) >= 11 is 17.7. The Balaban J connectivity index is 2.25. The van der Waals surface area contributed by atoms with Crippen molar-refractivity contribution in [2.75, 3.05) is 17.8 Å². The molecule has 0 bridgehead atoms. The minimum Gasteiger partial charge on any atom is -0.315 e. The zero-order valence-corrected chi connectivity index (χ0v) is 13.0. The maximum atomic E-state index is 12.2. The van der Waals surface area contributed by atoms with E-state index in [4.69, 9.17) is 34.8 Å². The van der Waals surface area contributed by atoms with Crippen molar-refractivity contribution >= 4 is 50.5 Å². The Morgan fingerprint density at radius 2 is 1.84 bits per heavy atom. The van der Waals surface area contributed by atoms with Gasteiger partial charge in [0.05, 0.1) is 21.0 Å². The summed E-state index contributed by atoms with van der Waals surface area (Å²) in [5, 5.41) is 3.31. The van der Waals surface area contributed by atoms with E-state index in [2.05, 4.69) is 10.0 Å². The summed E-state index contributed by atoms with van der Waals surface area (Å²) in [6, 6.07) is 2.90. The second-order valence-corrected chi connectivity index (χ2v) is 7.57. The second-order valence-electron chi connectivity index (χ2n) is 4.36. The first-order valence-electron chi connectivity index (χ1n) is 5.77. The van der Waals surface area contributed by atoms with Gasteiger partial charge in [-0.05, 0) is 31.5 Å². The van der Waals surface area contributed by atoms with Gasteiger partial charge in [-0.15, -0.1) is 0 Å². The second kappa shape index (κ2) is 6.06. The minimum atomic E-state index is -3.52. The zero-order valence-electron chi connectivity index (χ0n) is 9.92. The molecule has 2 rings (SSSR count). The Bertz CT molecular complexity index is 548. The van der Waals surface area contributed by atoms with E-state index >= 15 is 0 Å². The van der Waals surface area contributed by atoms with Crippen LogP contribution in [0.15, 0.2) is 12.1 Å². The molecule has 1 aromatic rings. The number of rotatable bonds is 3. The summed E-state index contributed by atoms with van der Waals surface area (Å²) in [7, 11) is -3.52. The zero-order chi connectivity index (χ0) is 14.0. The van der Waals surface area contributed by atoms with Crippen LogP contribution in [0.2, 0.25) is 15.1 Å². The first-order valence-corrected chi connectivity index (χ1v) is 8.45. The third-order valence-electron chi connectivity index (χ3n) is 2.94. The number of hydrogen-bond donors (Lipinski definition) is 2. The van der Waals surface area contributed by atoms with Gasteiger partial charge in [0.25, 0.3) is 0 Å². The van der Waals surface area contributed by atoms with Crippen molar-refractivity contribution in [2.45, 2.75) is 18.1 Å². The van der Waals surface area contributed by atoms with Gasteiger partial charge in [-0.2, -0.15) is 0 Å². The molecule has 1 heterocycles. The van der Waals surface area contributed by atoms with Crippen LogP contribution >= 0.6 is 34.8 Å². The molecule has 0 aliphatic carbocycles. The van der Waals surface area contributed by atoms with Crippen LogP contribution in [0.1, 0.15) is 12.8 Å². The van der Waals surface area contributed by atoms with Crippen molar-refractivity contribution in [3.05, 3.63) is 27.2 Å². The quantitative estimate of drug-likeness (QED) is 0.886. The van der Waals surface area contributed by atoms with Gasteiger partial charge in [-0.3, -0.25) is 4.72 Å². The molecule has 19 heavy (non-hydrogen) atoms. The van der Waals surface area contributed by atoms with E-state index in [0.29, 0.717) is 18.0 Å². The fourth-order valence-electron chi connectivity index (χ4n) is 1.95. The van der Waals surface area contributed by atoms with E-state index in [0.717, 1.165) is 13.0 Å². The molecule has 2 N–H and O–H groups in total. The molecule has 1 aliphatic heterocycles. The number of piperidine rings is 1. The van der Waals surface area contributed by atoms with Crippen molar-refractivity contribution in [1.82, 2.24) is 5.32 Å². The van der Waals surface area contributed by atoms with Crippen LogP contribution in [0, 0.1) is 0 Å². The van der Waals surface area contributed by atoms with Crippen LogP contribution < -0.4 is 10.0 Å². The first kappa shape index (κ1) is 15.2. The Hall–Kier alpha value is -0.200. The summed E-state index contributed by atoms with van der Waals surface area (Å²) < 4.78 is 26.9. The number of nitrogens with one attached hydrogen (secondary N) is 2. The molecular weight excluding hydrogens is 331 g/mol. The average Bonchev–Trinajstić information content (AvgIpc) is 2.35. The highest BCUT2D eigenvalue weighted by atomic mass is 35.5. The molecule has 1 saturated heterocycles. The van der Waals surface area contributed by atoms with Gasteiger partial charge < -0.3 is 5.32 Å². The van der Waals surface area contributed by atoms with Crippen molar-refractivity contribution in [3.8, 4) is 0 Å². The number of benzene rings is 1. The van der Waals surface area contributed by atoms with Gasteiger partial charge in [0, 0.05) is 11.6 Å². The van der Waals surface area contributed by atoms with E-state index in [1.807, 2.05) is 0 Å². The molecule has 1 aromatic carbocycles. The Kier molecular flexibility index (Phi) is 4.84. The average molecular weight is 344 g/mol. The molecule has 4 nitrogen and oxygen atoms in total. The van der Waals surface area contributed by atoms with Crippen LogP contribution in [-0.4, -0.2) is 26.8 Å². The highest BCUT2D eigenvalue weighted by Crippen LogP contribution is 2.35. The summed E-state index contributed by atoms with van der Waals surface area (Å²) in [5.74, 6) is 0. The van der Waals surface area contributed by atoms with Crippen molar-refractivity contribution < 1.29 is 8.42 Å². The molecule has 1 atom stereocenters. The molecule has 1 fully saturated rings. The standard InChI is InChI=1S/C11H13Cl3N2O2S/c12-7-4-9(13)11(10(14)5-7)16-19(17,18)8-2-1-3-15-6-8/h4-5,8,15-16H,1-3,6H2. The lowest BCUT2D eigenvalue weighted by molar-refractivity contribution is 0.499. The summed E-state index contributed by atoms with van der Waals surface area (Å²) in [6.45, 7) is 1.27. The Morgan fingerprint density at radius 3 is 2.37 bits per heavy atom. The fourth-order valence-corrected chi connectivity index (χ4v) is 4.46. The van der Waals surface area contributed by atoms with Gasteiger partial charge in [0.1, 0.15) is 0 Å². The maximum Gasteiger partial charge on any atom is 0.236 e. The molecule has 0 saturated carbocycles. The lowest BCUT2D eigenvalue weighted by atomic mass is 10.2. The van der Waals surface area contributed by atoms with Gasteiger partial charge in [-0.25, -0.2) is 8.42 Å². The molecular formula is C11H13Cl3N2O2S. The van der Waals surface area contributed by atoms with Crippen LogP contribution in [-0.2, 0) is 10.0 Å². The third kappa shape index (κ3) is 3.67. The number of sulfonamides is 1. The minimum absolute atomic E-state index is 0.179. The van der Waals surface area contributed by atoms with Crippen LogP contribution in [0.4, 0.5) is 5.69 Å². The molecule has 0 amide bonds. The normalized spacial score (nSPS) is 20.3. The van der Waals surface area contributed by atoms with Gasteiger partial charge >= 0.3 is 0 Å². The van der Waals surface area contributed by atoms with Gasteiger partial charge in [0.2, 0.25) is 10.0 Å². The van der Waals surface area contributed by atoms with Crippen LogP contribution in [0.3, 0.4) is 0 Å². The Morgan fingerprint density at radius 1 is 1.21 bits per heavy atom. The SMILES string of the molecule is O=S(=O)(Nc1c(Cl)cc(Cl)cc1Cl)C1CCCNC1. The largest absolute Gasteiger partial charge is 0.315 e. The molecule has 0 aromatic heterocycles. The van der Waals surface area contributed by atoms with E-state index in [1.165, 1.54) is 12.1 Å². The van der Waals surface area contributed by atoms with Crippen LogP contribution in [0.25, 0.3) is 0 Å². The van der Waals surface area contributed by atoms with Crippen molar-refractivity contribution in [2.24, 2.45) is 0 Å². The fraction of sp³-hybridized carbons (Fsp3) is 0.455. The van der Waals surface area contributed by atoms with Crippen LogP contribution in [0.5, 0.6) is 0 Å². The van der Waals surface area contributed by atoms with E-state index in [1.54, 1.807) is 0 Å². The highest BCUT2D eigenvalue weighted by molar-refractivity contribution is 7.93. The smallest absolute Gasteiger partial charge is 0.236 e. The predicted molar refractivity (Wildman–Crippen MR) is 79.9 cm³/mol. The highest BCUT2D eigenvalue weighted by Gasteiger charge is 2.28. The molecule has 1 unspecified atom stereocenters. The van der Waals surface area contributed by atoms with Gasteiger partial charge in [-0.1, -0.05) is 34.8 Å². The maximum absolute atomic E-state index is 12.2. The lowest BCUT2D eigenvalue weighted by Gasteiger charge is -2.24. The molecule has 0 spiro atoms. The van der Waals surface area contributed by atoms with E-state index < -0.39 is 15.3 Å². The third-order valence-corrected chi connectivity index (χ3v) is 5.52. The summed E-state index contributed by atoms with van der Waals surface area (Å²) in [5.41, 5.74) is 0.179. The monoisotopic (exact) mass is 342 g/mol. The first-order chi connectivity index (χ1) is 8.90. The summed E-state index contributed by atoms with van der Waals surface area (Å²) in [6.07, 6.45) is 1.44. The topological polar surface area (TPSA) is 58.2 Å². The molecule has 106 valence electrons. The molecule has 1 aliphatic rings. The Labute approximate surface area is 127 Å². The van der Waals surface area contributed by atoms with Crippen molar-refractivity contribution in [3.63, 3.8) is 0 Å². The molecule has 8 heteroatoms. The number of hydrogen-bond acceptors (Lipinski definition) is 3. The van der Waals surface area contributed by atoms with E-state index in [-0.39, 0.29) is 15.7 Å². The van der Waals surface area contributed by atoms with Crippen molar-refractivity contribution in [1.29, 1.82) is 0 Å². The van der Waals surface area contributed by atoms with E-state index in [9.17, 15) is 8.42 Å². The number of halogens is 3. The number of anilines is 1. The van der Waals surface area contributed by atoms with Gasteiger partial charge in [0.15, 0.2) is 0 Å².